The van der Waals surface area contributed by atoms with E-state index in [1.165, 1.54) is 31.0 Å². The zero-order chi connectivity index (χ0) is 21.2. The molecule has 1 aromatic heterocycles. The van der Waals surface area contributed by atoms with Gasteiger partial charge in [-0.1, -0.05) is 72.5 Å². The first-order chi connectivity index (χ1) is 15.2. The van der Waals surface area contributed by atoms with Gasteiger partial charge in [-0.05, 0) is 43.0 Å². The van der Waals surface area contributed by atoms with Gasteiger partial charge in [-0.25, -0.2) is 4.98 Å². The normalized spacial score (nSPS) is 18.4. The van der Waals surface area contributed by atoms with E-state index in [9.17, 15) is 4.79 Å². The number of rotatable bonds is 4. The maximum Gasteiger partial charge on any atom is 0.266 e. The van der Waals surface area contributed by atoms with E-state index in [-0.39, 0.29) is 5.91 Å². The van der Waals surface area contributed by atoms with Crippen LogP contribution in [-0.4, -0.2) is 33.2 Å². The van der Waals surface area contributed by atoms with Crippen LogP contribution in [0.1, 0.15) is 30.4 Å². The Balaban J connectivity index is 1.51. The molecule has 1 amide bonds. The lowest BCUT2D eigenvalue weighted by atomic mass is 10.1. The van der Waals surface area contributed by atoms with Crippen molar-refractivity contribution in [3.63, 3.8) is 0 Å². The van der Waals surface area contributed by atoms with Crippen molar-refractivity contribution < 1.29 is 4.79 Å². The zero-order valence-electron chi connectivity index (χ0n) is 17.2. The summed E-state index contributed by atoms with van der Waals surface area (Å²) in [5, 5.41) is 1.08. The van der Waals surface area contributed by atoms with Crippen LogP contribution in [0.15, 0.2) is 65.6 Å². The minimum Gasteiger partial charge on any atom is -0.356 e. The summed E-state index contributed by atoms with van der Waals surface area (Å²) in [6.07, 6.45) is 5.59. The molecule has 2 aliphatic rings. The molecule has 5 rings (SSSR count). The van der Waals surface area contributed by atoms with Crippen molar-refractivity contribution in [3.05, 3.63) is 76.7 Å². The molecule has 0 radical (unpaired) electrons. The number of pyridine rings is 1. The molecular weight excluding hydrogens is 422 g/mol. The van der Waals surface area contributed by atoms with Crippen LogP contribution in [0, 0.1) is 0 Å². The predicted octanol–water partition coefficient (Wildman–Crippen LogP) is 5.63. The van der Waals surface area contributed by atoms with Crippen molar-refractivity contribution in [2.45, 2.75) is 25.8 Å². The number of hydrogen-bond donors (Lipinski definition) is 0. The molecule has 0 spiro atoms. The number of hydrogen-bond acceptors (Lipinski definition) is 5. The van der Waals surface area contributed by atoms with Gasteiger partial charge in [-0.3, -0.25) is 9.69 Å². The molecule has 0 aliphatic carbocycles. The van der Waals surface area contributed by atoms with E-state index in [1.54, 1.807) is 4.90 Å². The van der Waals surface area contributed by atoms with Crippen LogP contribution in [0.4, 0.5) is 5.82 Å². The van der Waals surface area contributed by atoms with Gasteiger partial charge in [0.05, 0.1) is 17.0 Å². The Bertz CT molecular complexity index is 1170. The van der Waals surface area contributed by atoms with Gasteiger partial charge in [-0.2, -0.15) is 0 Å². The fourth-order valence-corrected chi connectivity index (χ4v) is 5.38. The highest BCUT2D eigenvalue weighted by atomic mass is 32.2. The molecule has 0 bridgehead atoms. The van der Waals surface area contributed by atoms with E-state index in [0.717, 1.165) is 40.9 Å². The number of carbonyl (C=O) groups is 1. The quantitative estimate of drug-likeness (QED) is 0.384. The third-order valence-electron chi connectivity index (χ3n) is 5.73. The first-order valence-corrected chi connectivity index (χ1v) is 11.9. The number of thiocarbonyl (C=S) groups is 1. The standard InChI is InChI=1S/C25H23N3OS2/c29-24-22(31-25(30)28(24)17-18-9-3-1-4-10-18)16-20-15-19-11-5-6-12-21(19)26-23(20)27-13-7-2-8-14-27/h1,3-6,9-12,15-16H,2,7-8,13-14,17H2/b22-16-. The minimum atomic E-state index is -0.0309. The molecule has 0 N–H and O–H groups in total. The Kier molecular flexibility index (Phi) is 5.74. The minimum absolute atomic E-state index is 0.0309. The van der Waals surface area contributed by atoms with Gasteiger partial charge in [0.25, 0.3) is 5.91 Å². The molecule has 156 valence electrons. The topological polar surface area (TPSA) is 36.4 Å². The van der Waals surface area contributed by atoms with E-state index in [1.807, 2.05) is 54.6 Å². The highest BCUT2D eigenvalue weighted by Gasteiger charge is 2.32. The summed E-state index contributed by atoms with van der Waals surface area (Å²) in [5.74, 6) is 0.934. The first kappa shape index (κ1) is 20.2. The zero-order valence-corrected chi connectivity index (χ0v) is 18.8. The predicted molar refractivity (Wildman–Crippen MR) is 133 cm³/mol. The number of amides is 1. The van der Waals surface area contributed by atoms with E-state index in [2.05, 4.69) is 17.0 Å². The number of carbonyl (C=O) groups excluding carboxylic acids is 1. The van der Waals surface area contributed by atoms with Gasteiger partial charge in [-0.15, -0.1) is 0 Å². The Morgan fingerprint density at radius 2 is 1.74 bits per heavy atom. The van der Waals surface area contributed by atoms with Gasteiger partial charge in [0.2, 0.25) is 0 Å². The van der Waals surface area contributed by atoms with Crippen LogP contribution in [-0.2, 0) is 11.3 Å². The third kappa shape index (κ3) is 4.23. The monoisotopic (exact) mass is 445 g/mol. The number of nitrogens with zero attached hydrogens (tertiary/aromatic N) is 3. The Morgan fingerprint density at radius 3 is 2.55 bits per heavy atom. The number of benzene rings is 2. The van der Waals surface area contributed by atoms with Crippen molar-refractivity contribution in [1.82, 2.24) is 9.88 Å². The lowest BCUT2D eigenvalue weighted by molar-refractivity contribution is -0.122. The molecule has 3 heterocycles. The third-order valence-corrected chi connectivity index (χ3v) is 7.11. The van der Waals surface area contributed by atoms with Gasteiger partial charge >= 0.3 is 0 Å². The number of aromatic nitrogens is 1. The van der Waals surface area contributed by atoms with Crippen molar-refractivity contribution in [1.29, 1.82) is 0 Å². The molecule has 2 saturated heterocycles. The van der Waals surface area contributed by atoms with Crippen LogP contribution in [0.5, 0.6) is 0 Å². The molecule has 6 heteroatoms. The van der Waals surface area contributed by atoms with Crippen molar-refractivity contribution in [2.24, 2.45) is 0 Å². The molecule has 2 aromatic carbocycles. The molecule has 2 fully saturated rings. The second-order valence-electron chi connectivity index (χ2n) is 7.90. The van der Waals surface area contributed by atoms with E-state index >= 15 is 0 Å². The van der Waals surface area contributed by atoms with Crippen LogP contribution in [0.25, 0.3) is 17.0 Å². The number of thioether (sulfide) groups is 1. The summed E-state index contributed by atoms with van der Waals surface area (Å²) < 4.78 is 0.605. The molecule has 0 atom stereocenters. The SMILES string of the molecule is O=C1/C(=C/c2cc3ccccc3nc2N2CCCCC2)SC(=S)N1Cc1ccccc1. The fraction of sp³-hybridized carbons (Fsp3) is 0.240. The van der Waals surface area contributed by atoms with Gasteiger partial charge in [0, 0.05) is 24.0 Å². The van der Waals surface area contributed by atoms with Gasteiger partial charge in [0.1, 0.15) is 10.1 Å². The molecule has 31 heavy (non-hydrogen) atoms. The lowest BCUT2D eigenvalue weighted by Crippen LogP contribution is -2.30. The first-order valence-electron chi connectivity index (χ1n) is 10.6. The highest BCUT2D eigenvalue weighted by molar-refractivity contribution is 8.26. The average Bonchev–Trinajstić information content (AvgIpc) is 3.07. The number of piperidine rings is 1. The maximum absolute atomic E-state index is 13.2. The van der Waals surface area contributed by atoms with E-state index < -0.39 is 0 Å². The molecular formula is C25H23N3OS2. The summed E-state index contributed by atoms with van der Waals surface area (Å²) >= 11 is 6.93. The molecule has 4 nitrogen and oxygen atoms in total. The maximum atomic E-state index is 13.2. The summed E-state index contributed by atoms with van der Waals surface area (Å²) in [4.78, 5) is 22.9. The highest BCUT2D eigenvalue weighted by Crippen LogP contribution is 2.36. The summed E-state index contributed by atoms with van der Waals surface area (Å²) in [6, 6.07) is 20.3. The van der Waals surface area contributed by atoms with Crippen molar-refractivity contribution in [2.75, 3.05) is 18.0 Å². The second-order valence-corrected chi connectivity index (χ2v) is 9.57. The summed E-state index contributed by atoms with van der Waals surface area (Å²) in [6.45, 7) is 2.50. The number of anilines is 1. The van der Waals surface area contributed by atoms with Crippen molar-refractivity contribution in [3.8, 4) is 0 Å². The average molecular weight is 446 g/mol. The second kappa shape index (κ2) is 8.81. The van der Waals surface area contributed by atoms with Crippen LogP contribution in [0.2, 0.25) is 0 Å². The van der Waals surface area contributed by atoms with Crippen LogP contribution < -0.4 is 4.90 Å². The lowest BCUT2D eigenvalue weighted by Gasteiger charge is -2.29. The number of para-hydroxylation sites is 1. The van der Waals surface area contributed by atoms with Crippen molar-refractivity contribution >= 4 is 57.0 Å². The van der Waals surface area contributed by atoms with Crippen LogP contribution >= 0.6 is 24.0 Å². The van der Waals surface area contributed by atoms with E-state index in [0.29, 0.717) is 15.8 Å². The Hall–Kier alpha value is -2.70. The summed E-state index contributed by atoms with van der Waals surface area (Å²) in [7, 11) is 0. The van der Waals surface area contributed by atoms with Crippen LogP contribution in [0.3, 0.4) is 0 Å². The van der Waals surface area contributed by atoms with Gasteiger partial charge in [0.15, 0.2) is 0 Å². The molecule has 3 aromatic rings. The molecule has 2 aliphatic heterocycles. The Labute approximate surface area is 192 Å². The van der Waals surface area contributed by atoms with Gasteiger partial charge < -0.3 is 4.90 Å². The largest absolute Gasteiger partial charge is 0.356 e. The fourth-order valence-electron chi connectivity index (χ4n) is 4.13. The number of fused-ring (bicyclic) bond motifs is 1. The summed E-state index contributed by atoms with van der Waals surface area (Å²) in [5.41, 5.74) is 3.04. The Morgan fingerprint density at radius 1 is 1.00 bits per heavy atom. The molecule has 0 saturated carbocycles. The smallest absolute Gasteiger partial charge is 0.266 e. The molecule has 0 unspecified atom stereocenters. The van der Waals surface area contributed by atoms with E-state index in [4.69, 9.17) is 17.2 Å².